The molecule has 0 aliphatic rings. The van der Waals surface area contributed by atoms with Gasteiger partial charge in [-0.05, 0) is 46.6 Å². The topological polar surface area (TPSA) is 64.3 Å². The monoisotopic (exact) mass is 278 g/mol. The highest BCUT2D eigenvalue weighted by molar-refractivity contribution is 5.67. The largest absolute Gasteiger partial charge is 0.444 e. The van der Waals surface area contributed by atoms with Crippen LogP contribution in [-0.4, -0.2) is 24.3 Å². The maximum absolute atomic E-state index is 11.5. The van der Waals surface area contributed by atoms with Crippen LogP contribution in [0.1, 0.15) is 37.5 Å². The van der Waals surface area contributed by atoms with Crippen molar-refractivity contribution in [3.63, 3.8) is 0 Å². The quantitative estimate of drug-likeness (QED) is 0.890. The number of carbonyl (C=O) groups is 1. The lowest BCUT2D eigenvalue weighted by atomic mass is 10.0. The van der Waals surface area contributed by atoms with Gasteiger partial charge in [-0.2, -0.15) is 0 Å². The van der Waals surface area contributed by atoms with E-state index in [0.29, 0.717) is 6.54 Å². The van der Waals surface area contributed by atoms with E-state index in [1.165, 1.54) is 16.7 Å². The van der Waals surface area contributed by atoms with Crippen LogP contribution in [0.4, 0.5) is 4.79 Å². The number of nitrogens with two attached hydrogens (primary N) is 1. The molecule has 1 aromatic rings. The number of rotatable bonds is 4. The van der Waals surface area contributed by atoms with Crippen molar-refractivity contribution in [1.82, 2.24) is 5.32 Å². The van der Waals surface area contributed by atoms with E-state index in [2.05, 4.69) is 37.4 Å². The second-order valence-corrected chi connectivity index (χ2v) is 6.34. The van der Waals surface area contributed by atoms with Gasteiger partial charge >= 0.3 is 6.09 Å². The molecule has 0 aliphatic heterocycles. The van der Waals surface area contributed by atoms with Gasteiger partial charge in [0, 0.05) is 12.6 Å². The summed E-state index contributed by atoms with van der Waals surface area (Å²) in [7, 11) is 0. The minimum atomic E-state index is -0.484. The molecular weight excluding hydrogens is 252 g/mol. The highest BCUT2D eigenvalue weighted by Gasteiger charge is 2.16. The second-order valence-electron chi connectivity index (χ2n) is 6.34. The molecule has 4 nitrogen and oxygen atoms in total. The molecule has 0 spiro atoms. The molecule has 0 aromatic heterocycles. The van der Waals surface area contributed by atoms with Crippen LogP contribution in [0.15, 0.2) is 18.2 Å². The number of hydrogen-bond acceptors (Lipinski definition) is 3. The highest BCUT2D eigenvalue weighted by atomic mass is 16.6. The molecule has 0 fully saturated rings. The first kappa shape index (κ1) is 16.5. The summed E-state index contributed by atoms with van der Waals surface area (Å²) < 4.78 is 5.17. The van der Waals surface area contributed by atoms with E-state index in [0.717, 1.165) is 6.42 Å². The first-order valence-corrected chi connectivity index (χ1v) is 6.95. The number of ether oxygens (including phenoxy) is 1. The van der Waals surface area contributed by atoms with Crippen molar-refractivity contribution in [1.29, 1.82) is 0 Å². The number of aryl methyl sites for hydroxylation is 2. The molecule has 4 heteroatoms. The van der Waals surface area contributed by atoms with Gasteiger partial charge in [-0.25, -0.2) is 4.79 Å². The van der Waals surface area contributed by atoms with Crippen LogP contribution in [0.25, 0.3) is 0 Å². The zero-order valence-electron chi connectivity index (χ0n) is 13.1. The third kappa shape index (κ3) is 6.57. The summed E-state index contributed by atoms with van der Waals surface area (Å²) in [5.74, 6) is 0. The number of nitrogens with one attached hydrogen (secondary N) is 1. The lowest BCUT2D eigenvalue weighted by molar-refractivity contribution is 0.0524. The number of alkyl carbamates (subject to hydrolysis) is 1. The summed E-state index contributed by atoms with van der Waals surface area (Å²) in [6, 6.07) is 6.26. The van der Waals surface area contributed by atoms with E-state index in [9.17, 15) is 4.79 Å². The number of amides is 1. The molecule has 1 atom stereocenters. The zero-order chi connectivity index (χ0) is 15.3. The van der Waals surface area contributed by atoms with Crippen molar-refractivity contribution in [2.75, 3.05) is 6.54 Å². The minimum Gasteiger partial charge on any atom is -0.444 e. The van der Waals surface area contributed by atoms with E-state index < -0.39 is 11.7 Å². The Morgan fingerprint density at radius 1 is 1.25 bits per heavy atom. The van der Waals surface area contributed by atoms with Crippen LogP contribution in [0.5, 0.6) is 0 Å². The molecule has 1 unspecified atom stereocenters. The van der Waals surface area contributed by atoms with Gasteiger partial charge in [0.15, 0.2) is 0 Å². The van der Waals surface area contributed by atoms with Crippen molar-refractivity contribution in [2.45, 2.75) is 52.7 Å². The number of carbonyl (C=O) groups excluding carboxylic acids is 1. The van der Waals surface area contributed by atoms with Gasteiger partial charge in [-0.1, -0.05) is 29.3 Å². The Morgan fingerprint density at radius 3 is 2.30 bits per heavy atom. The molecular formula is C16H26N2O2. The maximum atomic E-state index is 11.5. The maximum Gasteiger partial charge on any atom is 0.407 e. The van der Waals surface area contributed by atoms with Gasteiger partial charge in [-0.15, -0.1) is 0 Å². The molecule has 0 bridgehead atoms. The fraction of sp³-hybridized carbons (Fsp3) is 0.562. The normalized spacial score (nSPS) is 12.9. The van der Waals surface area contributed by atoms with E-state index in [4.69, 9.17) is 10.5 Å². The highest BCUT2D eigenvalue weighted by Crippen LogP contribution is 2.10. The predicted molar refractivity (Wildman–Crippen MR) is 81.8 cm³/mol. The summed E-state index contributed by atoms with van der Waals surface area (Å²) in [5.41, 5.74) is 9.22. The van der Waals surface area contributed by atoms with Gasteiger partial charge in [0.05, 0.1) is 0 Å². The second kappa shape index (κ2) is 6.75. The molecule has 0 radical (unpaired) electrons. The van der Waals surface area contributed by atoms with Crippen molar-refractivity contribution >= 4 is 6.09 Å². The van der Waals surface area contributed by atoms with Crippen LogP contribution >= 0.6 is 0 Å². The summed E-state index contributed by atoms with van der Waals surface area (Å²) in [6.07, 6.45) is 0.312. The summed E-state index contributed by atoms with van der Waals surface area (Å²) in [6.45, 7) is 10.1. The molecule has 112 valence electrons. The Morgan fingerprint density at radius 2 is 1.80 bits per heavy atom. The lowest BCUT2D eigenvalue weighted by Crippen LogP contribution is -2.41. The van der Waals surface area contributed by atoms with E-state index in [-0.39, 0.29) is 6.04 Å². The predicted octanol–water partition coefficient (Wildman–Crippen LogP) is 2.70. The van der Waals surface area contributed by atoms with Gasteiger partial charge in [0.1, 0.15) is 5.60 Å². The minimum absolute atomic E-state index is 0.122. The molecule has 20 heavy (non-hydrogen) atoms. The summed E-state index contributed by atoms with van der Waals surface area (Å²) >= 11 is 0. The van der Waals surface area contributed by atoms with Crippen molar-refractivity contribution in [2.24, 2.45) is 5.73 Å². The standard InChI is InChI=1S/C16H26N2O2/c1-11-6-12(2)8-13(7-11)9-14(17)10-18-15(19)20-16(3,4)5/h6-8,14H,9-10,17H2,1-5H3,(H,18,19). The molecule has 0 heterocycles. The van der Waals surface area contributed by atoms with Gasteiger partial charge < -0.3 is 15.8 Å². The smallest absolute Gasteiger partial charge is 0.407 e. The third-order valence-electron chi connectivity index (χ3n) is 2.69. The van der Waals surface area contributed by atoms with Crippen molar-refractivity contribution in [3.8, 4) is 0 Å². The average molecular weight is 278 g/mol. The van der Waals surface area contributed by atoms with Gasteiger partial charge in [0.25, 0.3) is 0 Å². The van der Waals surface area contributed by atoms with Crippen LogP contribution in [0, 0.1) is 13.8 Å². The molecule has 1 aromatic carbocycles. The fourth-order valence-corrected chi connectivity index (χ4v) is 2.09. The fourth-order valence-electron chi connectivity index (χ4n) is 2.09. The van der Waals surface area contributed by atoms with Crippen LogP contribution in [0.3, 0.4) is 0 Å². The van der Waals surface area contributed by atoms with Crippen LogP contribution < -0.4 is 11.1 Å². The first-order chi connectivity index (χ1) is 9.15. The van der Waals surface area contributed by atoms with Gasteiger partial charge in [0.2, 0.25) is 0 Å². The van der Waals surface area contributed by atoms with Crippen LogP contribution in [-0.2, 0) is 11.2 Å². The molecule has 1 rings (SSSR count). The number of hydrogen-bond donors (Lipinski definition) is 2. The molecule has 1 amide bonds. The lowest BCUT2D eigenvalue weighted by Gasteiger charge is -2.21. The third-order valence-corrected chi connectivity index (χ3v) is 2.69. The zero-order valence-corrected chi connectivity index (χ0v) is 13.1. The molecule has 0 saturated heterocycles. The Hall–Kier alpha value is -1.55. The van der Waals surface area contributed by atoms with Crippen molar-refractivity contribution in [3.05, 3.63) is 34.9 Å². The van der Waals surface area contributed by atoms with E-state index in [1.807, 2.05) is 20.8 Å². The average Bonchev–Trinajstić information content (AvgIpc) is 2.22. The molecule has 0 saturated carbocycles. The van der Waals surface area contributed by atoms with Gasteiger partial charge in [-0.3, -0.25) is 0 Å². The first-order valence-electron chi connectivity index (χ1n) is 6.95. The molecule has 0 aliphatic carbocycles. The summed E-state index contributed by atoms with van der Waals surface area (Å²) in [5, 5.41) is 2.70. The summed E-state index contributed by atoms with van der Waals surface area (Å²) in [4.78, 5) is 11.5. The Balaban J connectivity index is 2.44. The SMILES string of the molecule is Cc1cc(C)cc(CC(N)CNC(=O)OC(C)(C)C)c1. The number of benzene rings is 1. The Bertz CT molecular complexity index is 444. The van der Waals surface area contributed by atoms with Crippen LogP contribution in [0.2, 0.25) is 0 Å². The van der Waals surface area contributed by atoms with Crippen molar-refractivity contribution < 1.29 is 9.53 Å². The molecule has 3 N–H and O–H groups in total. The Labute approximate surface area is 121 Å². The Kier molecular flexibility index (Phi) is 5.57. The van der Waals surface area contributed by atoms with E-state index in [1.54, 1.807) is 0 Å². The van der Waals surface area contributed by atoms with E-state index >= 15 is 0 Å².